The van der Waals surface area contributed by atoms with Crippen molar-refractivity contribution in [1.29, 1.82) is 0 Å². The van der Waals surface area contributed by atoms with Gasteiger partial charge in [0, 0.05) is 6.42 Å². The Morgan fingerprint density at radius 3 is 2.86 bits per heavy atom. The van der Waals surface area contributed by atoms with Gasteiger partial charge in [0.15, 0.2) is 0 Å². The number of methoxy groups -OCH3 is 1. The van der Waals surface area contributed by atoms with Crippen molar-refractivity contribution in [2.45, 2.75) is 13.3 Å². The zero-order chi connectivity index (χ0) is 10.4. The van der Waals surface area contributed by atoms with E-state index in [1.807, 2.05) is 37.3 Å². The second kappa shape index (κ2) is 5.22. The first-order chi connectivity index (χ1) is 6.77. The summed E-state index contributed by atoms with van der Waals surface area (Å²) in [6.45, 7) is 2.00. The molecule has 1 aromatic rings. The molecule has 14 heavy (non-hydrogen) atoms. The highest BCUT2D eigenvalue weighted by Gasteiger charge is 1.96. The van der Waals surface area contributed by atoms with Crippen molar-refractivity contribution < 1.29 is 9.53 Å². The molecule has 1 rings (SSSR count). The van der Waals surface area contributed by atoms with Gasteiger partial charge in [-0.15, -0.1) is 0 Å². The Hall–Kier alpha value is -1.57. The van der Waals surface area contributed by atoms with E-state index < -0.39 is 0 Å². The van der Waals surface area contributed by atoms with E-state index in [2.05, 4.69) is 0 Å². The van der Waals surface area contributed by atoms with Gasteiger partial charge in [-0.05, 0) is 24.1 Å². The second-order valence-electron chi connectivity index (χ2n) is 3.03. The van der Waals surface area contributed by atoms with Gasteiger partial charge in [0.25, 0.3) is 0 Å². The lowest BCUT2D eigenvalue weighted by Crippen LogP contribution is -1.87. The highest BCUT2D eigenvalue weighted by atomic mass is 16.5. The molecule has 0 aromatic heterocycles. The molecule has 1 aromatic carbocycles. The normalized spacial score (nSPS) is 10.4. The number of carbonyl (C=O) groups excluding carboxylic acids is 1. The van der Waals surface area contributed by atoms with Crippen LogP contribution in [0.3, 0.4) is 0 Å². The number of ether oxygens (including phenoxy) is 1. The fourth-order valence-corrected chi connectivity index (χ4v) is 1.20. The maximum absolute atomic E-state index is 10.1. The van der Waals surface area contributed by atoms with Crippen LogP contribution in [0, 0.1) is 6.92 Å². The topological polar surface area (TPSA) is 26.3 Å². The van der Waals surface area contributed by atoms with E-state index in [1.54, 1.807) is 7.11 Å². The predicted molar refractivity (Wildman–Crippen MR) is 57.4 cm³/mol. The fourth-order valence-electron chi connectivity index (χ4n) is 1.20. The van der Waals surface area contributed by atoms with E-state index in [0.29, 0.717) is 6.42 Å². The number of aryl methyl sites for hydroxylation is 1. The lowest BCUT2D eigenvalue weighted by molar-refractivity contribution is -0.107. The lowest BCUT2D eigenvalue weighted by Gasteiger charge is -2.04. The number of hydrogen-bond acceptors (Lipinski definition) is 2. The van der Waals surface area contributed by atoms with Gasteiger partial charge in [-0.3, -0.25) is 0 Å². The summed E-state index contributed by atoms with van der Waals surface area (Å²) < 4.78 is 5.19. The van der Waals surface area contributed by atoms with Crippen LogP contribution in [0.2, 0.25) is 0 Å². The minimum absolute atomic E-state index is 0.455. The third kappa shape index (κ3) is 2.73. The van der Waals surface area contributed by atoms with Gasteiger partial charge in [0.05, 0.1) is 7.11 Å². The van der Waals surface area contributed by atoms with Crippen molar-refractivity contribution in [2.24, 2.45) is 0 Å². The van der Waals surface area contributed by atoms with Crippen molar-refractivity contribution in [3.63, 3.8) is 0 Å². The Kier molecular flexibility index (Phi) is 3.92. The van der Waals surface area contributed by atoms with Crippen LogP contribution in [0.15, 0.2) is 24.3 Å². The van der Waals surface area contributed by atoms with Crippen molar-refractivity contribution in [3.05, 3.63) is 35.4 Å². The third-order valence-corrected chi connectivity index (χ3v) is 1.97. The summed E-state index contributed by atoms with van der Waals surface area (Å²) in [6, 6.07) is 5.95. The molecule has 0 spiro atoms. The monoisotopic (exact) mass is 190 g/mol. The van der Waals surface area contributed by atoms with E-state index in [0.717, 1.165) is 23.2 Å². The SMILES string of the molecule is COc1cc(C=CCC=O)ccc1C. The van der Waals surface area contributed by atoms with Crippen LogP contribution >= 0.6 is 0 Å². The summed E-state index contributed by atoms with van der Waals surface area (Å²) >= 11 is 0. The molecule has 0 unspecified atom stereocenters. The summed E-state index contributed by atoms with van der Waals surface area (Å²) in [6.07, 6.45) is 5.07. The molecule has 2 nitrogen and oxygen atoms in total. The molecular formula is C12H14O2. The van der Waals surface area contributed by atoms with Crippen LogP contribution in [0.25, 0.3) is 6.08 Å². The van der Waals surface area contributed by atoms with Crippen LogP contribution < -0.4 is 4.74 Å². The standard InChI is InChI=1S/C12H14O2/c1-10-6-7-11(5-3-4-8-13)9-12(10)14-2/h3,5-9H,4H2,1-2H3. The Balaban J connectivity index is 2.83. The van der Waals surface area contributed by atoms with Gasteiger partial charge in [0.2, 0.25) is 0 Å². The summed E-state index contributed by atoms with van der Waals surface area (Å²) in [7, 11) is 1.65. The van der Waals surface area contributed by atoms with Gasteiger partial charge in [-0.25, -0.2) is 0 Å². The molecule has 0 aliphatic carbocycles. The zero-order valence-electron chi connectivity index (χ0n) is 8.49. The average molecular weight is 190 g/mol. The van der Waals surface area contributed by atoms with Gasteiger partial charge in [0.1, 0.15) is 12.0 Å². The van der Waals surface area contributed by atoms with E-state index in [1.165, 1.54) is 0 Å². The minimum Gasteiger partial charge on any atom is -0.496 e. The molecule has 0 heterocycles. The van der Waals surface area contributed by atoms with Crippen molar-refractivity contribution in [1.82, 2.24) is 0 Å². The van der Waals surface area contributed by atoms with Crippen LogP contribution in [-0.4, -0.2) is 13.4 Å². The first kappa shape index (κ1) is 10.5. The Morgan fingerprint density at radius 2 is 2.21 bits per heavy atom. The Bertz CT molecular complexity index is 340. The van der Waals surface area contributed by atoms with Crippen molar-refractivity contribution in [3.8, 4) is 5.75 Å². The van der Waals surface area contributed by atoms with Crippen LogP contribution in [0.1, 0.15) is 17.5 Å². The third-order valence-electron chi connectivity index (χ3n) is 1.97. The quantitative estimate of drug-likeness (QED) is 0.682. The molecule has 0 atom stereocenters. The van der Waals surface area contributed by atoms with E-state index >= 15 is 0 Å². The van der Waals surface area contributed by atoms with E-state index in [4.69, 9.17) is 4.74 Å². The first-order valence-electron chi connectivity index (χ1n) is 4.52. The summed E-state index contributed by atoms with van der Waals surface area (Å²) in [5.41, 5.74) is 2.16. The molecule has 0 saturated carbocycles. The molecule has 0 N–H and O–H groups in total. The molecule has 0 amide bonds. The molecule has 0 saturated heterocycles. The van der Waals surface area contributed by atoms with Crippen LogP contribution in [-0.2, 0) is 4.79 Å². The summed E-state index contributed by atoms with van der Waals surface area (Å²) in [4.78, 5) is 10.1. The molecular weight excluding hydrogens is 176 g/mol. The molecule has 74 valence electrons. The zero-order valence-corrected chi connectivity index (χ0v) is 8.49. The van der Waals surface area contributed by atoms with Crippen LogP contribution in [0.4, 0.5) is 0 Å². The molecule has 0 aliphatic rings. The first-order valence-corrected chi connectivity index (χ1v) is 4.52. The van der Waals surface area contributed by atoms with E-state index in [-0.39, 0.29) is 0 Å². The molecule has 0 aliphatic heterocycles. The average Bonchev–Trinajstić information content (AvgIpc) is 2.21. The maximum atomic E-state index is 10.1. The van der Waals surface area contributed by atoms with Gasteiger partial charge >= 0.3 is 0 Å². The number of allylic oxidation sites excluding steroid dienone is 1. The highest BCUT2D eigenvalue weighted by molar-refractivity contribution is 5.59. The number of aldehydes is 1. The Labute approximate surface area is 84.2 Å². The van der Waals surface area contributed by atoms with E-state index in [9.17, 15) is 4.79 Å². The van der Waals surface area contributed by atoms with Gasteiger partial charge in [-0.2, -0.15) is 0 Å². The maximum Gasteiger partial charge on any atom is 0.123 e. The van der Waals surface area contributed by atoms with Crippen molar-refractivity contribution in [2.75, 3.05) is 7.11 Å². The fraction of sp³-hybridized carbons (Fsp3) is 0.250. The van der Waals surface area contributed by atoms with Crippen LogP contribution in [0.5, 0.6) is 5.75 Å². The van der Waals surface area contributed by atoms with Gasteiger partial charge in [-0.1, -0.05) is 24.3 Å². The number of benzene rings is 1. The predicted octanol–water partition coefficient (Wildman–Crippen LogP) is 2.61. The smallest absolute Gasteiger partial charge is 0.123 e. The molecule has 0 fully saturated rings. The van der Waals surface area contributed by atoms with Gasteiger partial charge < -0.3 is 9.53 Å². The Morgan fingerprint density at radius 1 is 1.43 bits per heavy atom. The molecule has 0 radical (unpaired) electrons. The molecule has 2 heteroatoms. The summed E-state index contributed by atoms with van der Waals surface area (Å²) in [5, 5.41) is 0. The number of hydrogen-bond donors (Lipinski definition) is 0. The summed E-state index contributed by atoms with van der Waals surface area (Å²) in [5.74, 6) is 0.873. The number of rotatable bonds is 4. The minimum atomic E-state index is 0.455. The second-order valence-corrected chi connectivity index (χ2v) is 3.03. The highest BCUT2D eigenvalue weighted by Crippen LogP contribution is 2.19. The lowest BCUT2D eigenvalue weighted by atomic mass is 10.1. The van der Waals surface area contributed by atoms with Crippen molar-refractivity contribution >= 4 is 12.4 Å². The largest absolute Gasteiger partial charge is 0.496 e. The number of carbonyl (C=O) groups is 1. The molecule has 0 bridgehead atoms.